The van der Waals surface area contributed by atoms with Gasteiger partial charge in [-0.15, -0.1) is 0 Å². The Morgan fingerprint density at radius 1 is 1.56 bits per heavy atom. The van der Waals surface area contributed by atoms with Gasteiger partial charge in [0, 0.05) is 12.1 Å². The van der Waals surface area contributed by atoms with Crippen LogP contribution in [0.4, 0.5) is 15.8 Å². The first kappa shape index (κ1) is 12.0. The van der Waals surface area contributed by atoms with Crippen molar-refractivity contribution < 1.29 is 9.31 Å². The number of aromatic nitrogens is 3. The predicted molar refractivity (Wildman–Crippen MR) is 61.5 cm³/mol. The smallest absolute Gasteiger partial charge is 0.292 e. The predicted octanol–water partition coefficient (Wildman–Crippen LogP) is 2.03. The topological polar surface area (TPSA) is 96.7 Å². The molecule has 18 heavy (non-hydrogen) atoms. The van der Waals surface area contributed by atoms with Gasteiger partial charge in [0.1, 0.15) is 23.7 Å². The van der Waals surface area contributed by atoms with Gasteiger partial charge in [0.05, 0.1) is 11.0 Å². The van der Waals surface area contributed by atoms with E-state index in [2.05, 4.69) is 20.5 Å². The zero-order chi connectivity index (χ0) is 13.1. The van der Waals surface area contributed by atoms with E-state index >= 15 is 0 Å². The van der Waals surface area contributed by atoms with E-state index in [1.54, 1.807) is 6.92 Å². The van der Waals surface area contributed by atoms with Crippen LogP contribution in [0.2, 0.25) is 0 Å². The summed E-state index contributed by atoms with van der Waals surface area (Å²) in [4.78, 5) is 14.2. The van der Waals surface area contributed by atoms with Crippen LogP contribution < -0.4 is 5.32 Å². The van der Waals surface area contributed by atoms with E-state index in [1.807, 2.05) is 0 Å². The first-order chi connectivity index (χ1) is 8.58. The van der Waals surface area contributed by atoms with Gasteiger partial charge in [0.2, 0.25) is 0 Å². The van der Waals surface area contributed by atoms with Crippen molar-refractivity contribution in [3.8, 4) is 0 Å². The Labute approximate surface area is 101 Å². The molecule has 0 fully saturated rings. The molecular weight excluding hydrogens is 241 g/mol. The molecule has 8 heteroatoms. The molecule has 1 aromatic heterocycles. The second-order valence-corrected chi connectivity index (χ2v) is 3.66. The van der Waals surface area contributed by atoms with E-state index in [-0.39, 0.29) is 17.4 Å². The maximum Gasteiger partial charge on any atom is 0.292 e. The highest BCUT2D eigenvalue weighted by atomic mass is 19.1. The quantitative estimate of drug-likeness (QED) is 0.640. The number of nitrogens with zero attached hydrogens (tertiary/aromatic N) is 3. The van der Waals surface area contributed by atoms with Gasteiger partial charge in [-0.25, -0.2) is 9.37 Å². The monoisotopic (exact) mass is 251 g/mol. The number of H-pyrrole nitrogens is 1. The van der Waals surface area contributed by atoms with Crippen molar-refractivity contribution in [2.24, 2.45) is 0 Å². The fourth-order valence-electron chi connectivity index (χ4n) is 1.51. The van der Waals surface area contributed by atoms with E-state index in [1.165, 1.54) is 6.33 Å². The Hall–Kier alpha value is -2.51. The fourth-order valence-corrected chi connectivity index (χ4v) is 1.51. The second-order valence-electron chi connectivity index (χ2n) is 3.66. The molecule has 0 saturated carbocycles. The van der Waals surface area contributed by atoms with Gasteiger partial charge in [-0.2, -0.15) is 5.10 Å². The molecule has 0 bridgehead atoms. The third-order valence-corrected chi connectivity index (χ3v) is 2.37. The number of aromatic amines is 1. The number of hydrogen-bond donors (Lipinski definition) is 2. The largest absolute Gasteiger partial charge is 0.370 e. The van der Waals surface area contributed by atoms with Crippen LogP contribution in [0.5, 0.6) is 0 Å². The summed E-state index contributed by atoms with van der Waals surface area (Å²) in [5.74, 6) is -0.0403. The van der Waals surface area contributed by atoms with Crippen molar-refractivity contribution in [1.82, 2.24) is 15.2 Å². The number of nitro groups is 1. The zero-order valence-corrected chi connectivity index (χ0v) is 9.42. The summed E-state index contributed by atoms with van der Waals surface area (Å²) in [7, 11) is 0. The average molecular weight is 251 g/mol. The summed E-state index contributed by atoms with van der Waals surface area (Å²) in [5.41, 5.74) is -0.0911. The summed E-state index contributed by atoms with van der Waals surface area (Å²) >= 11 is 0. The van der Waals surface area contributed by atoms with Gasteiger partial charge in [-0.05, 0) is 13.0 Å². The van der Waals surface area contributed by atoms with E-state index in [4.69, 9.17) is 0 Å². The molecule has 0 aliphatic rings. The molecule has 2 N–H and O–H groups in total. The molecule has 2 rings (SSSR count). The number of nitrogens with one attached hydrogen (secondary N) is 2. The molecule has 0 amide bonds. The lowest BCUT2D eigenvalue weighted by atomic mass is 10.2. The van der Waals surface area contributed by atoms with Gasteiger partial charge in [-0.3, -0.25) is 15.2 Å². The Morgan fingerprint density at radius 3 is 2.94 bits per heavy atom. The minimum Gasteiger partial charge on any atom is -0.370 e. The minimum atomic E-state index is -0.575. The van der Waals surface area contributed by atoms with E-state index < -0.39 is 10.7 Å². The standard InChI is InChI=1S/C10H10FN5O2/c1-6(10-12-5-13-15-10)14-8-4-7(11)2-3-9(8)16(17)18/h2-6,14H,1H3,(H,12,13,15). The highest BCUT2D eigenvalue weighted by Crippen LogP contribution is 2.27. The van der Waals surface area contributed by atoms with Crippen LogP contribution in [0.3, 0.4) is 0 Å². The molecule has 0 aliphatic heterocycles. The van der Waals surface area contributed by atoms with Crippen LogP contribution >= 0.6 is 0 Å². The molecule has 0 radical (unpaired) electrons. The van der Waals surface area contributed by atoms with Crippen molar-refractivity contribution in [2.45, 2.75) is 13.0 Å². The number of anilines is 1. The van der Waals surface area contributed by atoms with Crippen molar-refractivity contribution >= 4 is 11.4 Å². The molecule has 0 aliphatic carbocycles. The third-order valence-electron chi connectivity index (χ3n) is 2.37. The first-order valence-corrected chi connectivity index (χ1v) is 5.13. The molecule has 94 valence electrons. The molecule has 1 aromatic carbocycles. The summed E-state index contributed by atoms with van der Waals surface area (Å²) in [5, 5.41) is 19.9. The van der Waals surface area contributed by atoms with E-state index in [0.717, 1.165) is 18.2 Å². The Kier molecular flexibility index (Phi) is 3.18. The zero-order valence-electron chi connectivity index (χ0n) is 9.42. The maximum atomic E-state index is 13.1. The second kappa shape index (κ2) is 4.78. The molecule has 1 atom stereocenters. The molecule has 1 heterocycles. The lowest BCUT2D eigenvalue weighted by Crippen LogP contribution is -2.10. The minimum absolute atomic E-state index is 0.101. The number of halogens is 1. The molecule has 0 spiro atoms. The molecule has 0 saturated heterocycles. The fraction of sp³-hybridized carbons (Fsp3) is 0.200. The number of nitro benzene ring substituents is 1. The van der Waals surface area contributed by atoms with Crippen molar-refractivity contribution in [3.63, 3.8) is 0 Å². The summed E-state index contributed by atoms with van der Waals surface area (Å²) in [6.45, 7) is 1.73. The van der Waals surface area contributed by atoms with Gasteiger partial charge < -0.3 is 5.32 Å². The van der Waals surface area contributed by atoms with Crippen LogP contribution in [0.1, 0.15) is 18.8 Å². The summed E-state index contributed by atoms with van der Waals surface area (Å²) < 4.78 is 13.1. The Bertz CT molecular complexity index is 557. The summed E-state index contributed by atoms with van der Waals surface area (Å²) in [6.07, 6.45) is 1.33. The van der Waals surface area contributed by atoms with Crippen LogP contribution in [0.15, 0.2) is 24.5 Å². The van der Waals surface area contributed by atoms with Gasteiger partial charge in [0.15, 0.2) is 0 Å². The Balaban J connectivity index is 2.28. The highest BCUT2D eigenvalue weighted by Gasteiger charge is 2.17. The van der Waals surface area contributed by atoms with E-state index in [9.17, 15) is 14.5 Å². The normalized spacial score (nSPS) is 12.1. The number of benzene rings is 1. The van der Waals surface area contributed by atoms with Crippen LogP contribution in [-0.4, -0.2) is 20.1 Å². The third kappa shape index (κ3) is 2.42. The van der Waals surface area contributed by atoms with Gasteiger partial charge in [-0.1, -0.05) is 0 Å². The first-order valence-electron chi connectivity index (χ1n) is 5.13. The number of rotatable bonds is 4. The molecule has 7 nitrogen and oxygen atoms in total. The summed E-state index contributed by atoms with van der Waals surface area (Å²) in [6, 6.07) is 2.88. The van der Waals surface area contributed by atoms with Crippen LogP contribution in [-0.2, 0) is 0 Å². The van der Waals surface area contributed by atoms with Gasteiger partial charge >= 0.3 is 0 Å². The van der Waals surface area contributed by atoms with E-state index in [0.29, 0.717) is 5.82 Å². The lowest BCUT2D eigenvalue weighted by Gasteiger charge is -2.12. The van der Waals surface area contributed by atoms with Crippen LogP contribution in [0, 0.1) is 15.9 Å². The van der Waals surface area contributed by atoms with Crippen molar-refractivity contribution in [1.29, 1.82) is 0 Å². The van der Waals surface area contributed by atoms with Gasteiger partial charge in [0.25, 0.3) is 5.69 Å². The molecule has 2 aromatic rings. The van der Waals surface area contributed by atoms with Crippen molar-refractivity contribution in [3.05, 3.63) is 46.3 Å². The Morgan fingerprint density at radius 2 is 2.33 bits per heavy atom. The van der Waals surface area contributed by atoms with Crippen molar-refractivity contribution in [2.75, 3.05) is 5.32 Å². The molecule has 1 unspecified atom stereocenters. The lowest BCUT2D eigenvalue weighted by molar-refractivity contribution is -0.384. The average Bonchev–Trinajstić information content (AvgIpc) is 2.81. The highest BCUT2D eigenvalue weighted by molar-refractivity contribution is 5.61. The van der Waals surface area contributed by atoms with Crippen LogP contribution in [0.25, 0.3) is 0 Å². The number of hydrogen-bond acceptors (Lipinski definition) is 5. The molecular formula is C10H10FN5O2. The maximum absolute atomic E-state index is 13.1. The SMILES string of the molecule is CC(Nc1cc(F)ccc1[N+](=O)[O-])c1ncn[nH]1.